The highest BCUT2D eigenvalue weighted by Crippen LogP contribution is 2.35. The van der Waals surface area contributed by atoms with Gasteiger partial charge in [-0.1, -0.05) is 30.7 Å². The van der Waals surface area contributed by atoms with Crippen LogP contribution < -0.4 is 0 Å². The molecule has 0 aliphatic carbocycles. The second kappa shape index (κ2) is 6.06. The lowest BCUT2D eigenvalue weighted by Gasteiger charge is -2.29. The quantitative estimate of drug-likeness (QED) is 0.901. The zero-order chi connectivity index (χ0) is 13.9. The van der Waals surface area contributed by atoms with Crippen molar-refractivity contribution in [2.75, 3.05) is 19.6 Å². The molecule has 1 aromatic rings. The van der Waals surface area contributed by atoms with E-state index in [4.69, 9.17) is 0 Å². The molecule has 1 aliphatic heterocycles. The molecule has 0 bridgehead atoms. The van der Waals surface area contributed by atoms with Crippen LogP contribution in [0.2, 0.25) is 0 Å². The van der Waals surface area contributed by atoms with Gasteiger partial charge in [0.15, 0.2) is 0 Å². The van der Waals surface area contributed by atoms with Crippen LogP contribution in [-0.4, -0.2) is 29.6 Å². The maximum atomic E-state index is 11.1. The molecule has 0 spiro atoms. The molecule has 0 aromatic heterocycles. The molecule has 106 valence electrons. The van der Waals surface area contributed by atoms with Gasteiger partial charge in [0.1, 0.15) is 0 Å². The number of hydrogen-bond acceptors (Lipinski definition) is 2. The highest BCUT2D eigenvalue weighted by atomic mass is 16.3. The summed E-state index contributed by atoms with van der Waals surface area (Å²) in [6.07, 6.45) is 4.03. The van der Waals surface area contributed by atoms with Gasteiger partial charge in [0.05, 0.1) is 5.60 Å². The van der Waals surface area contributed by atoms with E-state index in [-0.39, 0.29) is 0 Å². The molecule has 0 saturated carbocycles. The van der Waals surface area contributed by atoms with Crippen molar-refractivity contribution in [3.8, 4) is 0 Å². The fourth-order valence-electron chi connectivity index (χ4n) is 3.22. The van der Waals surface area contributed by atoms with E-state index >= 15 is 0 Å². The third kappa shape index (κ3) is 3.37. The first kappa shape index (κ1) is 14.5. The number of likely N-dealkylation sites (tertiary alicyclic amines) is 1. The summed E-state index contributed by atoms with van der Waals surface area (Å²) in [6.45, 7) is 9.73. The molecule has 0 amide bonds. The first-order valence-corrected chi connectivity index (χ1v) is 7.57. The van der Waals surface area contributed by atoms with Crippen LogP contribution in [0.3, 0.4) is 0 Å². The molecule has 2 nitrogen and oxygen atoms in total. The number of aliphatic hydroxyl groups is 1. The van der Waals surface area contributed by atoms with Crippen LogP contribution in [0.4, 0.5) is 0 Å². The molecule has 1 fully saturated rings. The van der Waals surface area contributed by atoms with E-state index in [2.05, 4.69) is 43.9 Å². The van der Waals surface area contributed by atoms with Crippen LogP contribution in [0, 0.1) is 13.8 Å². The van der Waals surface area contributed by atoms with Crippen LogP contribution in [-0.2, 0) is 5.60 Å². The minimum absolute atomic E-state index is 0.626. The molecule has 2 heteroatoms. The van der Waals surface area contributed by atoms with Crippen molar-refractivity contribution in [3.63, 3.8) is 0 Å². The van der Waals surface area contributed by atoms with Gasteiger partial charge >= 0.3 is 0 Å². The van der Waals surface area contributed by atoms with E-state index in [0.717, 1.165) is 44.5 Å². The Morgan fingerprint density at radius 3 is 2.74 bits per heavy atom. The summed E-state index contributed by atoms with van der Waals surface area (Å²) in [4.78, 5) is 2.49. The number of aryl methyl sites for hydroxylation is 2. The average molecular weight is 261 g/mol. The lowest BCUT2D eigenvalue weighted by Crippen LogP contribution is -2.30. The second-order valence-corrected chi connectivity index (χ2v) is 6.05. The molecule has 1 heterocycles. The molecule has 1 unspecified atom stereocenters. The van der Waals surface area contributed by atoms with Gasteiger partial charge in [-0.05, 0) is 63.7 Å². The lowest BCUT2D eigenvalue weighted by molar-refractivity contribution is 0.0206. The predicted molar refractivity (Wildman–Crippen MR) is 80.4 cm³/mol. The van der Waals surface area contributed by atoms with E-state index in [0.29, 0.717) is 0 Å². The first-order chi connectivity index (χ1) is 9.05. The third-order valence-electron chi connectivity index (χ3n) is 4.34. The van der Waals surface area contributed by atoms with Gasteiger partial charge in [0, 0.05) is 6.54 Å². The van der Waals surface area contributed by atoms with Crippen molar-refractivity contribution in [3.05, 3.63) is 34.9 Å². The molecular formula is C17H27NO. The zero-order valence-electron chi connectivity index (χ0n) is 12.6. The molecule has 1 aromatic carbocycles. The van der Waals surface area contributed by atoms with Gasteiger partial charge in [0.25, 0.3) is 0 Å². The summed E-state index contributed by atoms with van der Waals surface area (Å²) in [7, 11) is 0. The van der Waals surface area contributed by atoms with Gasteiger partial charge in [-0.2, -0.15) is 0 Å². The molecule has 19 heavy (non-hydrogen) atoms. The highest BCUT2D eigenvalue weighted by Gasteiger charge is 2.32. The Labute approximate surface area is 117 Å². The van der Waals surface area contributed by atoms with Crippen LogP contribution in [0.25, 0.3) is 0 Å². The zero-order valence-corrected chi connectivity index (χ0v) is 12.6. The fourth-order valence-corrected chi connectivity index (χ4v) is 3.22. The van der Waals surface area contributed by atoms with E-state index in [1.54, 1.807) is 0 Å². The standard InChI is InChI=1S/C17H27NO/c1-4-10-18-11-5-8-17(19,9-12-18)16-13-14(2)6-7-15(16)3/h6-7,13,19H,4-5,8-12H2,1-3H3. The van der Waals surface area contributed by atoms with E-state index in [1.807, 2.05) is 0 Å². The van der Waals surface area contributed by atoms with Crippen molar-refractivity contribution in [1.82, 2.24) is 4.90 Å². The maximum absolute atomic E-state index is 11.1. The molecule has 1 saturated heterocycles. The van der Waals surface area contributed by atoms with Crippen molar-refractivity contribution < 1.29 is 5.11 Å². The Bertz CT molecular complexity index is 429. The Kier molecular flexibility index (Phi) is 4.64. The summed E-state index contributed by atoms with van der Waals surface area (Å²) in [5.74, 6) is 0. The average Bonchev–Trinajstić information content (AvgIpc) is 2.56. The Balaban J connectivity index is 2.20. The SMILES string of the molecule is CCCN1CCCC(O)(c2cc(C)ccc2C)CC1. The number of nitrogens with zero attached hydrogens (tertiary/aromatic N) is 1. The van der Waals surface area contributed by atoms with Crippen LogP contribution >= 0.6 is 0 Å². The van der Waals surface area contributed by atoms with Crippen molar-refractivity contribution >= 4 is 0 Å². The predicted octanol–water partition coefficient (Wildman–Crippen LogP) is 3.39. The van der Waals surface area contributed by atoms with Crippen LogP contribution in [0.15, 0.2) is 18.2 Å². The summed E-state index contributed by atoms with van der Waals surface area (Å²) in [5.41, 5.74) is 2.98. The van der Waals surface area contributed by atoms with Crippen molar-refractivity contribution in [1.29, 1.82) is 0 Å². The molecule has 1 aliphatic rings. The van der Waals surface area contributed by atoms with Crippen LogP contribution in [0.1, 0.15) is 49.3 Å². The van der Waals surface area contributed by atoms with E-state index < -0.39 is 5.60 Å². The Morgan fingerprint density at radius 2 is 2.00 bits per heavy atom. The van der Waals surface area contributed by atoms with E-state index in [1.165, 1.54) is 17.5 Å². The summed E-state index contributed by atoms with van der Waals surface area (Å²) in [5, 5.41) is 11.1. The molecular weight excluding hydrogens is 234 g/mol. The van der Waals surface area contributed by atoms with Gasteiger partial charge in [-0.3, -0.25) is 0 Å². The summed E-state index contributed by atoms with van der Waals surface area (Å²) in [6, 6.07) is 6.43. The number of hydrogen-bond donors (Lipinski definition) is 1. The van der Waals surface area contributed by atoms with Gasteiger partial charge in [-0.15, -0.1) is 0 Å². The Morgan fingerprint density at radius 1 is 1.21 bits per heavy atom. The lowest BCUT2D eigenvalue weighted by atomic mass is 9.83. The van der Waals surface area contributed by atoms with E-state index in [9.17, 15) is 5.11 Å². The van der Waals surface area contributed by atoms with Crippen molar-refractivity contribution in [2.45, 2.75) is 52.1 Å². The topological polar surface area (TPSA) is 23.5 Å². The monoisotopic (exact) mass is 261 g/mol. The van der Waals surface area contributed by atoms with Crippen molar-refractivity contribution in [2.24, 2.45) is 0 Å². The minimum atomic E-state index is -0.626. The number of rotatable bonds is 3. The molecule has 1 atom stereocenters. The second-order valence-electron chi connectivity index (χ2n) is 6.05. The van der Waals surface area contributed by atoms with Gasteiger partial charge in [0.2, 0.25) is 0 Å². The van der Waals surface area contributed by atoms with Gasteiger partial charge in [-0.25, -0.2) is 0 Å². The Hall–Kier alpha value is -0.860. The normalized spacial score (nSPS) is 25.3. The van der Waals surface area contributed by atoms with Crippen LogP contribution in [0.5, 0.6) is 0 Å². The first-order valence-electron chi connectivity index (χ1n) is 7.57. The van der Waals surface area contributed by atoms with Gasteiger partial charge < -0.3 is 10.0 Å². The maximum Gasteiger partial charge on any atom is 0.0911 e. The number of benzene rings is 1. The molecule has 2 rings (SSSR count). The summed E-state index contributed by atoms with van der Waals surface area (Å²) < 4.78 is 0. The minimum Gasteiger partial charge on any atom is -0.385 e. The smallest absolute Gasteiger partial charge is 0.0911 e. The summed E-state index contributed by atoms with van der Waals surface area (Å²) >= 11 is 0. The molecule has 1 N–H and O–H groups in total. The molecule has 0 radical (unpaired) electrons. The third-order valence-corrected chi connectivity index (χ3v) is 4.34. The fraction of sp³-hybridized carbons (Fsp3) is 0.647. The largest absolute Gasteiger partial charge is 0.385 e. The highest BCUT2D eigenvalue weighted by molar-refractivity contribution is 5.35.